The van der Waals surface area contributed by atoms with Crippen LogP contribution in [-0.4, -0.2) is 30.6 Å². The molecule has 0 amide bonds. The summed E-state index contributed by atoms with van der Waals surface area (Å²) in [5, 5.41) is 0. The number of nitrogens with two attached hydrogens (primary N) is 1. The van der Waals surface area contributed by atoms with E-state index < -0.39 is 0 Å². The van der Waals surface area contributed by atoms with Gasteiger partial charge in [-0.25, -0.2) is 4.99 Å². The van der Waals surface area contributed by atoms with Crippen LogP contribution in [0, 0.1) is 11.8 Å². The molecule has 186 valence electrons. The molecule has 2 aliphatic rings. The minimum absolute atomic E-state index is 0.0977. The highest BCUT2D eigenvalue weighted by molar-refractivity contribution is 6.04. The third-order valence-corrected chi connectivity index (χ3v) is 7.77. The van der Waals surface area contributed by atoms with Crippen molar-refractivity contribution in [3.8, 4) is 0 Å². The fourth-order valence-corrected chi connectivity index (χ4v) is 5.41. The van der Waals surface area contributed by atoms with Crippen LogP contribution in [0.15, 0.2) is 65.3 Å². The van der Waals surface area contributed by atoms with E-state index in [0.717, 1.165) is 55.5 Å². The van der Waals surface area contributed by atoms with Crippen molar-refractivity contribution in [3.63, 3.8) is 0 Å². The fourth-order valence-electron chi connectivity index (χ4n) is 5.41. The number of piperidine rings is 1. The summed E-state index contributed by atoms with van der Waals surface area (Å²) >= 11 is 0. The first-order chi connectivity index (χ1) is 16.9. The maximum absolute atomic E-state index is 13.1. The summed E-state index contributed by atoms with van der Waals surface area (Å²) in [5.41, 5.74) is 12.5. The van der Waals surface area contributed by atoms with Gasteiger partial charge in [-0.05, 0) is 86.1 Å². The molecule has 2 unspecified atom stereocenters. The lowest BCUT2D eigenvalue weighted by atomic mass is 9.99. The molecule has 4 rings (SSSR count). The highest BCUT2D eigenvalue weighted by Gasteiger charge is 2.40. The quantitative estimate of drug-likeness (QED) is 0.345. The Bertz CT molecular complexity index is 1090. The number of benzene rings is 2. The molecule has 0 spiro atoms. The molecule has 1 saturated heterocycles. The third-order valence-electron chi connectivity index (χ3n) is 7.77. The minimum Gasteiger partial charge on any atom is -0.371 e. The van der Waals surface area contributed by atoms with Crippen molar-refractivity contribution in [2.24, 2.45) is 22.6 Å². The topological polar surface area (TPSA) is 58.7 Å². The molecule has 2 aromatic rings. The SMILES string of the molecule is C/C=C(\N=C(C)c1cccc(C2CC2C(C)C)c1)C(=O)CCc1ccccc1N1CCC(N)CC1. The van der Waals surface area contributed by atoms with E-state index in [4.69, 9.17) is 10.7 Å². The van der Waals surface area contributed by atoms with Crippen molar-refractivity contribution in [2.75, 3.05) is 18.0 Å². The van der Waals surface area contributed by atoms with Crippen molar-refractivity contribution in [3.05, 3.63) is 77.0 Å². The van der Waals surface area contributed by atoms with E-state index in [1.54, 1.807) is 0 Å². The van der Waals surface area contributed by atoms with Gasteiger partial charge in [-0.2, -0.15) is 0 Å². The Labute approximate surface area is 211 Å². The highest BCUT2D eigenvalue weighted by atomic mass is 16.1. The van der Waals surface area contributed by atoms with Crippen molar-refractivity contribution in [2.45, 2.75) is 71.8 Å². The summed E-state index contributed by atoms with van der Waals surface area (Å²) in [6.07, 6.45) is 6.34. The number of para-hydroxylation sites is 1. The minimum atomic E-state index is 0.0977. The van der Waals surface area contributed by atoms with Gasteiger partial charge < -0.3 is 10.6 Å². The number of hydrogen-bond acceptors (Lipinski definition) is 4. The molecule has 4 nitrogen and oxygen atoms in total. The number of Topliss-reactive ketones (excluding diaryl/α,β-unsaturated/α-hetero) is 1. The molecule has 4 heteroatoms. The molecule has 35 heavy (non-hydrogen) atoms. The van der Waals surface area contributed by atoms with Crippen LogP contribution >= 0.6 is 0 Å². The molecule has 2 aromatic carbocycles. The van der Waals surface area contributed by atoms with E-state index in [1.165, 1.54) is 23.2 Å². The summed E-state index contributed by atoms with van der Waals surface area (Å²) in [4.78, 5) is 20.3. The smallest absolute Gasteiger partial charge is 0.181 e. The number of aryl methyl sites for hydroxylation is 1. The Morgan fingerprint density at radius 3 is 2.57 bits per heavy atom. The second kappa shape index (κ2) is 11.3. The lowest BCUT2D eigenvalue weighted by Crippen LogP contribution is -2.40. The first-order valence-corrected chi connectivity index (χ1v) is 13.3. The van der Waals surface area contributed by atoms with Crippen molar-refractivity contribution >= 4 is 17.2 Å². The maximum Gasteiger partial charge on any atom is 0.181 e. The van der Waals surface area contributed by atoms with Crippen LogP contribution in [0.1, 0.15) is 76.0 Å². The lowest BCUT2D eigenvalue weighted by molar-refractivity contribution is -0.115. The average molecular weight is 472 g/mol. The number of allylic oxidation sites excluding steroid dienone is 2. The second-order valence-electron chi connectivity index (χ2n) is 10.6. The van der Waals surface area contributed by atoms with E-state index in [2.05, 4.69) is 67.3 Å². The first-order valence-electron chi connectivity index (χ1n) is 13.3. The Morgan fingerprint density at radius 1 is 1.14 bits per heavy atom. The van der Waals surface area contributed by atoms with Gasteiger partial charge in [-0.15, -0.1) is 0 Å². The number of anilines is 1. The van der Waals surface area contributed by atoms with Gasteiger partial charge in [-0.1, -0.05) is 56.3 Å². The largest absolute Gasteiger partial charge is 0.371 e. The fraction of sp³-hybridized carbons (Fsp3) is 0.484. The molecule has 1 heterocycles. The molecule has 1 aliphatic carbocycles. The number of carbonyl (C=O) groups is 1. The Kier molecular flexibility index (Phi) is 8.22. The molecule has 0 radical (unpaired) electrons. The van der Waals surface area contributed by atoms with Crippen LogP contribution in [0.3, 0.4) is 0 Å². The van der Waals surface area contributed by atoms with Crippen molar-refractivity contribution in [1.29, 1.82) is 0 Å². The van der Waals surface area contributed by atoms with Gasteiger partial charge in [0.2, 0.25) is 0 Å². The van der Waals surface area contributed by atoms with Gasteiger partial charge in [0.1, 0.15) is 5.70 Å². The average Bonchev–Trinajstić information content (AvgIpc) is 3.68. The van der Waals surface area contributed by atoms with Gasteiger partial charge in [0.15, 0.2) is 5.78 Å². The predicted molar refractivity (Wildman–Crippen MR) is 147 cm³/mol. The van der Waals surface area contributed by atoms with Gasteiger partial charge in [-0.3, -0.25) is 4.79 Å². The first kappa shape index (κ1) is 25.4. The number of nitrogens with zero attached hydrogens (tertiary/aromatic N) is 2. The van der Waals surface area contributed by atoms with Gasteiger partial charge in [0, 0.05) is 37.0 Å². The molecule has 1 saturated carbocycles. The Balaban J connectivity index is 1.41. The molecule has 1 aliphatic heterocycles. The standard InChI is InChI=1S/C31H41N3O/c1-5-29(33-22(4)24-10-8-11-25(19-24)28-20-27(28)21(2)3)31(35)14-13-23-9-6-7-12-30(23)34-17-15-26(32)16-18-34/h5-12,19,21,26-28H,13-18,20,32H2,1-4H3/b29-5-,33-22?. The zero-order chi connectivity index (χ0) is 24.9. The van der Waals surface area contributed by atoms with Crippen LogP contribution < -0.4 is 10.6 Å². The van der Waals surface area contributed by atoms with Crippen molar-refractivity contribution < 1.29 is 4.79 Å². The number of ketones is 1. The Hall–Kier alpha value is -2.72. The monoisotopic (exact) mass is 471 g/mol. The highest BCUT2D eigenvalue weighted by Crippen LogP contribution is 2.51. The van der Waals surface area contributed by atoms with Crippen LogP contribution in [0.2, 0.25) is 0 Å². The number of rotatable bonds is 9. The third kappa shape index (κ3) is 6.29. The molecule has 0 aromatic heterocycles. The van der Waals surface area contributed by atoms with E-state index in [9.17, 15) is 4.79 Å². The summed E-state index contributed by atoms with van der Waals surface area (Å²) in [7, 11) is 0. The molecule has 2 atom stereocenters. The second-order valence-corrected chi connectivity index (χ2v) is 10.6. The summed E-state index contributed by atoms with van der Waals surface area (Å²) in [6, 6.07) is 17.5. The zero-order valence-corrected chi connectivity index (χ0v) is 21.8. The summed E-state index contributed by atoms with van der Waals surface area (Å²) in [5.74, 6) is 2.28. The maximum atomic E-state index is 13.1. The van der Waals surface area contributed by atoms with E-state index in [1.807, 2.05) is 19.9 Å². The number of hydrogen-bond donors (Lipinski definition) is 1. The molecule has 2 N–H and O–H groups in total. The zero-order valence-electron chi connectivity index (χ0n) is 21.8. The van der Waals surface area contributed by atoms with E-state index >= 15 is 0 Å². The molecule has 0 bridgehead atoms. The normalized spacial score (nSPS) is 21.5. The molecular weight excluding hydrogens is 430 g/mol. The number of carbonyl (C=O) groups excluding carboxylic acids is 1. The van der Waals surface area contributed by atoms with Gasteiger partial charge in [0.05, 0.1) is 0 Å². The predicted octanol–water partition coefficient (Wildman–Crippen LogP) is 6.29. The summed E-state index contributed by atoms with van der Waals surface area (Å²) < 4.78 is 0. The molecular formula is C31H41N3O. The van der Waals surface area contributed by atoms with Crippen molar-refractivity contribution in [1.82, 2.24) is 0 Å². The number of aliphatic imine (C=N–C) groups is 1. The van der Waals surface area contributed by atoms with Gasteiger partial charge in [0.25, 0.3) is 0 Å². The Morgan fingerprint density at radius 2 is 1.89 bits per heavy atom. The van der Waals surface area contributed by atoms with Crippen LogP contribution in [0.25, 0.3) is 0 Å². The summed E-state index contributed by atoms with van der Waals surface area (Å²) in [6.45, 7) is 10.5. The molecule has 2 fully saturated rings. The van der Waals surface area contributed by atoms with Gasteiger partial charge >= 0.3 is 0 Å². The lowest BCUT2D eigenvalue weighted by Gasteiger charge is -2.33. The van der Waals surface area contributed by atoms with Crippen LogP contribution in [0.5, 0.6) is 0 Å². The van der Waals surface area contributed by atoms with Crippen LogP contribution in [-0.2, 0) is 11.2 Å². The van der Waals surface area contributed by atoms with E-state index in [0.29, 0.717) is 24.1 Å². The van der Waals surface area contributed by atoms with E-state index in [-0.39, 0.29) is 5.78 Å². The van der Waals surface area contributed by atoms with Crippen LogP contribution in [0.4, 0.5) is 5.69 Å².